The fourth-order valence-corrected chi connectivity index (χ4v) is 4.21. The van der Waals surface area contributed by atoms with Crippen LogP contribution in [-0.4, -0.2) is 32.9 Å². The van der Waals surface area contributed by atoms with Crippen LogP contribution in [0.5, 0.6) is 0 Å². The summed E-state index contributed by atoms with van der Waals surface area (Å²) in [7, 11) is 0. The first-order chi connectivity index (χ1) is 15.0. The predicted molar refractivity (Wildman–Crippen MR) is 117 cm³/mol. The smallest absolute Gasteiger partial charge is 0.279 e. The Hall–Kier alpha value is -3.44. The Morgan fingerprint density at radius 3 is 2.74 bits per heavy atom. The maximum absolute atomic E-state index is 12.3. The van der Waals surface area contributed by atoms with Crippen LogP contribution in [0.15, 0.2) is 55.9 Å². The average Bonchev–Trinajstić information content (AvgIpc) is 3.50. The maximum atomic E-state index is 12.3. The Morgan fingerprint density at radius 1 is 1.10 bits per heavy atom. The SMILES string of the molecule is Cc1ccc(NC(=O)CSc2nnc(NC(=O)c3cc(-c4ccco4)on3)s2)c(C)c1. The fraction of sp³-hybridized carbons (Fsp3) is 0.150. The molecule has 0 bridgehead atoms. The van der Waals surface area contributed by atoms with Crippen LogP contribution in [0.25, 0.3) is 11.5 Å². The van der Waals surface area contributed by atoms with E-state index in [0.29, 0.717) is 21.0 Å². The van der Waals surface area contributed by atoms with Crippen molar-refractivity contribution < 1.29 is 18.5 Å². The molecule has 2 N–H and O–H groups in total. The van der Waals surface area contributed by atoms with Gasteiger partial charge in [0.1, 0.15) is 0 Å². The van der Waals surface area contributed by atoms with Gasteiger partial charge < -0.3 is 14.3 Å². The van der Waals surface area contributed by atoms with Crippen LogP contribution in [0.1, 0.15) is 21.6 Å². The van der Waals surface area contributed by atoms with Crippen LogP contribution < -0.4 is 10.6 Å². The van der Waals surface area contributed by atoms with Crippen LogP contribution in [0, 0.1) is 13.8 Å². The van der Waals surface area contributed by atoms with E-state index in [9.17, 15) is 9.59 Å². The summed E-state index contributed by atoms with van der Waals surface area (Å²) in [6.45, 7) is 3.95. The number of aromatic nitrogens is 3. The maximum Gasteiger partial charge on any atom is 0.279 e. The molecule has 1 aromatic carbocycles. The predicted octanol–water partition coefficient (Wildman–Crippen LogP) is 4.39. The molecule has 0 aliphatic carbocycles. The third-order valence-corrected chi connectivity index (χ3v) is 6.09. The number of nitrogens with one attached hydrogen (secondary N) is 2. The number of nitrogens with zero attached hydrogens (tertiary/aromatic N) is 3. The zero-order valence-electron chi connectivity index (χ0n) is 16.5. The van der Waals surface area contributed by atoms with E-state index in [1.807, 2.05) is 32.0 Å². The third-order valence-electron chi connectivity index (χ3n) is 4.12. The molecule has 0 atom stereocenters. The number of hydrogen-bond acceptors (Lipinski definition) is 9. The van der Waals surface area contributed by atoms with E-state index in [1.165, 1.54) is 35.4 Å². The second-order valence-corrected chi connectivity index (χ2v) is 8.74. The van der Waals surface area contributed by atoms with Gasteiger partial charge in [0, 0.05) is 11.8 Å². The number of furan rings is 1. The molecule has 0 fully saturated rings. The van der Waals surface area contributed by atoms with E-state index in [0.717, 1.165) is 16.8 Å². The van der Waals surface area contributed by atoms with Crippen molar-refractivity contribution in [1.29, 1.82) is 0 Å². The quantitative estimate of drug-likeness (QED) is 0.311. The molecule has 31 heavy (non-hydrogen) atoms. The molecule has 9 nitrogen and oxygen atoms in total. The van der Waals surface area contributed by atoms with E-state index in [-0.39, 0.29) is 17.4 Å². The highest BCUT2D eigenvalue weighted by molar-refractivity contribution is 8.01. The zero-order chi connectivity index (χ0) is 21.8. The average molecular weight is 456 g/mol. The lowest BCUT2D eigenvalue weighted by atomic mass is 10.1. The van der Waals surface area contributed by atoms with Crippen LogP contribution in [-0.2, 0) is 4.79 Å². The van der Waals surface area contributed by atoms with Crippen LogP contribution >= 0.6 is 23.1 Å². The molecule has 2 amide bonds. The molecule has 0 aliphatic rings. The van der Waals surface area contributed by atoms with Crippen molar-refractivity contribution in [2.24, 2.45) is 0 Å². The number of carbonyl (C=O) groups excluding carboxylic acids is 2. The summed E-state index contributed by atoms with van der Waals surface area (Å²) >= 11 is 2.40. The summed E-state index contributed by atoms with van der Waals surface area (Å²) in [5.41, 5.74) is 3.00. The Balaban J connectivity index is 1.30. The van der Waals surface area contributed by atoms with Gasteiger partial charge in [0.15, 0.2) is 15.8 Å². The van der Waals surface area contributed by atoms with E-state index in [4.69, 9.17) is 8.94 Å². The molecule has 0 unspecified atom stereocenters. The van der Waals surface area contributed by atoms with E-state index in [1.54, 1.807) is 12.1 Å². The molecule has 4 aromatic rings. The van der Waals surface area contributed by atoms with E-state index in [2.05, 4.69) is 26.0 Å². The topological polar surface area (TPSA) is 123 Å². The monoisotopic (exact) mass is 455 g/mol. The lowest BCUT2D eigenvalue weighted by Crippen LogP contribution is -2.14. The van der Waals surface area contributed by atoms with Crippen molar-refractivity contribution in [2.45, 2.75) is 18.2 Å². The van der Waals surface area contributed by atoms with Crippen LogP contribution in [0.4, 0.5) is 10.8 Å². The minimum absolute atomic E-state index is 0.0867. The number of thioether (sulfide) groups is 1. The van der Waals surface area contributed by atoms with Gasteiger partial charge in [0.2, 0.25) is 16.8 Å². The number of rotatable bonds is 7. The Labute approximate surface area is 185 Å². The Morgan fingerprint density at radius 2 is 1.97 bits per heavy atom. The Bertz CT molecular complexity index is 1220. The first-order valence-electron chi connectivity index (χ1n) is 9.13. The van der Waals surface area contributed by atoms with Crippen molar-refractivity contribution in [3.63, 3.8) is 0 Å². The lowest BCUT2D eigenvalue weighted by molar-refractivity contribution is -0.113. The minimum atomic E-state index is -0.484. The lowest BCUT2D eigenvalue weighted by Gasteiger charge is -2.08. The largest absolute Gasteiger partial charge is 0.461 e. The second kappa shape index (κ2) is 9.14. The molecule has 0 spiro atoms. The summed E-state index contributed by atoms with van der Waals surface area (Å²) in [6, 6.07) is 10.7. The number of aryl methyl sites for hydroxylation is 2. The van der Waals surface area contributed by atoms with Crippen molar-refractivity contribution in [2.75, 3.05) is 16.4 Å². The highest BCUT2D eigenvalue weighted by atomic mass is 32.2. The standard InChI is InChI=1S/C20H17N5O4S2/c1-11-5-6-13(12(2)8-11)21-17(26)10-30-20-24-23-19(31-20)22-18(27)14-9-16(29-25-14)15-4-3-7-28-15/h3-9H,10H2,1-2H3,(H,21,26)(H,22,23,27). The zero-order valence-corrected chi connectivity index (χ0v) is 18.2. The number of anilines is 2. The highest BCUT2D eigenvalue weighted by Gasteiger charge is 2.17. The van der Waals surface area contributed by atoms with Gasteiger partial charge in [-0.15, -0.1) is 10.2 Å². The van der Waals surface area contributed by atoms with E-state index < -0.39 is 5.91 Å². The number of amides is 2. The van der Waals surface area contributed by atoms with Gasteiger partial charge in [-0.2, -0.15) is 0 Å². The number of carbonyl (C=O) groups is 2. The molecular formula is C20H17N5O4S2. The molecule has 3 heterocycles. The van der Waals surface area contributed by atoms with Crippen molar-refractivity contribution in [3.8, 4) is 11.5 Å². The van der Waals surface area contributed by atoms with Gasteiger partial charge in [-0.3, -0.25) is 14.9 Å². The van der Waals surface area contributed by atoms with Gasteiger partial charge in [0.25, 0.3) is 5.91 Å². The molecular weight excluding hydrogens is 438 g/mol. The molecule has 3 aromatic heterocycles. The second-order valence-electron chi connectivity index (χ2n) is 6.54. The fourth-order valence-electron chi connectivity index (χ4n) is 2.66. The first kappa shape index (κ1) is 20.8. The molecule has 11 heteroatoms. The van der Waals surface area contributed by atoms with Gasteiger partial charge in [-0.1, -0.05) is 46.0 Å². The molecule has 158 valence electrons. The Kier molecular flexibility index (Phi) is 6.14. The van der Waals surface area contributed by atoms with Crippen molar-refractivity contribution in [1.82, 2.24) is 15.4 Å². The van der Waals surface area contributed by atoms with Gasteiger partial charge in [0.05, 0.1) is 12.0 Å². The van der Waals surface area contributed by atoms with Gasteiger partial charge >= 0.3 is 0 Å². The van der Waals surface area contributed by atoms with E-state index >= 15 is 0 Å². The molecule has 0 aliphatic heterocycles. The van der Waals surface area contributed by atoms with Gasteiger partial charge in [-0.05, 0) is 37.6 Å². The summed E-state index contributed by atoms with van der Waals surface area (Å²) in [5, 5.41) is 17.5. The van der Waals surface area contributed by atoms with Crippen molar-refractivity contribution >= 4 is 45.7 Å². The molecule has 0 radical (unpaired) electrons. The number of hydrogen-bond donors (Lipinski definition) is 2. The summed E-state index contributed by atoms with van der Waals surface area (Å²) in [4.78, 5) is 24.6. The summed E-state index contributed by atoms with van der Waals surface area (Å²) < 4.78 is 10.9. The molecule has 0 saturated heterocycles. The number of benzene rings is 1. The minimum Gasteiger partial charge on any atom is -0.461 e. The first-order valence-corrected chi connectivity index (χ1v) is 10.9. The van der Waals surface area contributed by atoms with Gasteiger partial charge in [-0.25, -0.2) is 0 Å². The normalized spacial score (nSPS) is 10.8. The van der Waals surface area contributed by atoms with Crippen LogP contribution in [0.3, 0.4) is 0 Å². The third kappa shape index (κ3) is 5.19. The molecule has 0 saturated carbocycles. The summed E-state index contributed by atoms with van der Waals surface area (Å²) in [5.74, 6) is 0.359. The van der Waals surface area contributed by atoms with Crippen molar-refractivity contribution in [3.05, 3.63) is 59.5 Å². The highest BCUT2D eigenvalue weighted by Crippen LogP contribution is 2.27. The summed E-state index contributed by atoms with van der Waals surface area (Å²) in [6.07, 6.45) is 1.50. The molecule has 4 rings (SSSR count). The van der Waals surface area contributed by atoms with Crippen LogP contribution in [0.2, 0.25) is 0 Å².